The van der Waals surface area contributed by atoms with Crippen LogP contribution in [-0.4, -0.2) is 70.2 Å². The summed E-state index contributed by atoms with van der Waals surface area (Å²) >= 11 is 1.11. The number of ether oxygens (including phenoxy) is 1. The second-order valence-electron chi connectivity index (χ2n) is 6.37. The maximum atomic E-state index is 12.8. The molecule has 0 saturated carbocycles. The number of thiazole rings is 1. The van der Waals surface area contributed by atoms with Crippen LogP contribution in [0.3, 0.4) is 0 Å². The Hall–Kier alpha value is -2.56. The lowest BCUT2D eigenvalue weighted by molar-refractivity contribution is -0.0324. The average Bonchev–Trinajstić information content (AvgIpc) is 2.87. The standard InChI is InChI=1S/C17H21N5O4S/c1-11-13(27-16(18)21-11)15(24)22-6-7-26-10-17(25,9-22)8-20-14(23)12-4-2-3-5-19-12/h2-5,25H,6-10H2,1H3,(H2,18,21)(H,20,23)/t17-/m1/s1. The summed E-state index contributed by atoms with van der Waals surface area (Å²) in [7, 11) is 0. The summed E-state index contributed by atoms with van der Waals surface area (Å²) in [5.74, 6) is -0.668. The molecule has 4 N–H and O–H groups in total. The number of carbonyl (C=O) groups excluding carboxylic acids is 2. The van der Waals surface area contributed by atoms with Crippen molar-refractivity contribution in [3.8, 4) is 0 Å². The molecule has 0 aliphatic carbocycles. The molecule has 27 heavy (non-hydrogen) atoms. The Labute approximate surface area is 160 Å². The number of nitrogen functional groups attached to an aromatic ring is 1. The number of pyridine rings is 1. The molecule has 2 amide bonds. The normalized spacial score (nSPS) is 20.1. The van der Waals surface area contributed by atoms with Gasteiger partial charge in [-0.2, -0.15) is 0 Å². The summed E-state index contributed by atoms with van der Waals surface area (Å²) < 4.78 is 5.45. The van der Waals surface area contributed by atoms with Crippen LogP contribution in [0.4, 0.5) is 5.13 Å². The number of anilines is 1. The van der Waals surface area contributed by atoms with E-state index in [2.05, 4.69) is 15.3 Å². The number of carbonyl (C=O) groups is 2. The third-order valence-corrected chi connectivity index (χ3v) is 5.11. The highest BCUT2D eigenvalue weighted by Crippen LogP contribution is 2.23. The van der Waals surface area contributed by atoms with Gasteiger partial charge in [0.15, 0.2) is 5.13 Å². The Morgan fingerprint density at radius 1 is 1.48 bits per heavy atom. The van der Waals surface area contributed by atoms with E-state index in [0.29, 0.717) is 22.2 Å². The fraction of sp³-hybridized carbons (Fsp3) is 0.412. The van der Waals surface area contributed by atoms with Crippen molar-refractivity contribution < 1.29 is 19.4 Å². The lowest BCUT2D eigenvalue weighted by atomic mass is 10.0. The first-order valence-corrected chi connectivity index (χ1v) is 9.21. The summed E-state index contributed by atoms with van der Waals surface area (Å²) in [5, 5.41) is 13.9. The molecule has 0 unspecified atom stereocenters. The number of amides is 2. The first kappa shape index (κ1) is 19.2. The number of rotatable bonds is 4. The van der Waals surface area contributed by atoms with Gasteiger partial charge in [0.2, 0.25) is 0 Å². The van der Waals surface area contributed by atoms with E-state index in [1.54, 1.807) is 25.1 Å². The van der Waals surface area contributed by atoms with Gasteiger partial charge in [-0.25, -0.2) is 4.98 Å². The number of aryl methyl sites for hydroxylation is 1. The smallest absolute Gasteiger partial charge is 0.269 e. The van der Waals surface area contributed by atoms with E-state index >= 15 is 0 Å². The van der Waals surface area contributed by atoms with Crippen molar-refractivity contribution in [2.24, 2.45) is 0 Å². The molecule has 1 saturated heterocycles. The number of nitrogens with one attached hydrogen (secondary N) is 1. The molecule has 0 spiro atoms. The van der Waals surface area contributed by atoms with Crippen molar-refractivity contribution in [2.75, 3.05) is 38.6 Å². The van der Waals surface area contributed by atoms with E-state index in [0.717, 1.165) is 11.3 Å². The Morgan fingerprint density at radius 2 is 2.30 bits per heavy atom. The lowest BCUT2D eigenvalue weighted by Crippen LogP contribution is -2.53. The predicted molar refractivity (Wildman–Crippen MR) is 99.5 cm³/mol. The average molecular weight is 391 g/mol. The first-order valence-electron chi connectivity index (χ1n) is 8.39. The van der Waals surface area contributed by atoms with E-state index in [1.807, 2.05) is 0 Å². The lowest BCUT2D eigenvalue weighted by Gasteiger charge is -2.30. The van der Waals surface area contributed by atoms with Crippen LogP contribution in [0.2, 0.25) is 0 Å². The molecule has 1 atom stereocenters. The van der Waals surface area contributed by atoms with Crippen LogP contribution in [0.5, 0.6) is 0 Å². The summed E-state index contributed by atoms with van der Waals surface area (Å²) in [6.45, 7) is 2.28. The zero-order valence-corrected chi connectivity index (χ0v) is 15.7. The van der Waals surface area contributed by atoms with Crippen molar-refractivity contribution in [1.29, 1.82) is 0 Å². The molecule has 0 aromatic carbocycles. The molecular weight excluding hydrogens is 370 g/mol. The molecule has 144 valence electrons. The molecule has 1 aliphatic heterocycles. The van der Waals surface area contributed by atoms with Gasteiger partial charge in [-0.1, -0.05) is 17.4 Å². The van der Waals surface area contributed by atoms with E-state index in [9.17, 15) is 14.7 Å². The van der Waals surface area contributed by atoms with Gasteiger partial charge in [0.1, 0.15) is 16.2 Å². The van der Waals surface area contributed by atoms with Gasteiger partial charge in [-0.05, 0) is 19.1 Å². The summed E-state index contributed by atoms with van der Waals surface area (Å²) in [4.78, 5) is 35.0. The van der Waals surface area contributed by atoms with Crippen molar-refractivity contribution in [2.45, 2.75) is 12.5 Å². The second kappa shape index (κ2) is 7.99. The fourth-order valence-corrected chi connectivity index (χ4v) is 3.59. The molecule has 1 aliphatic rings. The molecule has 3 rings (SSSR count). The SMILES string of the molecule is Cc1nc(N)sc1C(=O)N1CCOC[C@@](O)(CNC(=O)c2ccccn2)C1. The monoisotopic (exact) mass is 391 g/mol. The molecule has 1 fully saturated rings. The Balaban J connectivity index is 1.68. The van der Waals surface area contributed by atoms with Crippen LogP contribution >= 0.6 is 11.3 Å². The minimum absolute atomic E-state index is 0.00307. The van der Waals surface area contributed by atoms with Crippen LogP contribution < -0.4 is 11.1 Å². The highest BCUT2D eigenvalue weighted by Gasteiger charge is 2.36. The van der Waals surface area contributed by atoms with E-state index in [1.165, 1.54) is 11.1 Å². The number of β-amino-alcohol motifs (C(OH)–C–C–N with tert-alkyl or cyclic N) is 1. The molecule has 10 heteroatoms. The molecule has 3 heterocycles. The van der Waals surface area contributed by atoms with Gasteiger partial charge in [0, 0.05) is 12.7 Å². The fourth-order valence-electron chi connectivity index (χ4n) is 2.79. The van der Waals surface area contributed by atoms with E-state index in [4.69, 9.17) is 10.5 Å². The quantitative estimate of drug-likeness (QED) is 0.672. The van der Waals surface area contributed by atoms with Gasteiger partial charge >= 0.3 is 0 Å². The maximum Gasteiger partial charge on any atom is 0.269 e. The highest BCUT2D eigenvalue weighted by atomic mass is 32.1. The Kier molecular flexibility index (Phi) is 5.68. The van der Waals surface area contributed by atoms with Crippen LogP contribution in [0.15, 0.2) is 24.4 Å². The topological polar surface area (TPSA) is 131 Å². The van der Waals surface area contributed by atoms with Crippen molar-refractivity contribution in [1.82, 2.24) is 20.2 Å². The largest absolute Gasteiger partial charge is 0.384 e. The summed E-state index contributed by atoms with van der Waals surface area (Å²) in [6, 6.07) is 4.99. The molecular formula is C17H21N5O4S. The Bertz CT molecular complexity index is 828. The molecule has 9 nitrogen and oxygen atoms in total. The van der Waals surface area contributed by atoms with Crippen LogP contribution in [0, 0.1) is 6.92 Å². The number of aliphatic hydroxyl groups is 1. The molecule has 2 aromatic rings. The van der Waals surface area contributed by atoms with Gasteiger partial charge in [-0.3, -0.25) is 14.6 Å². The minimum atomic E-state index is -1.42. The number of aromatic nitrogens is 2. The van der Waals surface area contributed by atoms with Crippen molar-refractivity contribution in [3.05, 3.63) is 40.7 Å². The zero-order chi connectivity index (χ0) is 19.4. The van der Waals surface area contributed by atoms with Crippen LogP contribution in [0.25, 0.3) is 0 Å². The van der Waals surface area contributed by atoms with Gasteiger partial charge in [0.05, 0.1) is 32.0 Å². The van der Waals surface area contributed by atoms with Gasteiger partial charge in [-0.15, -0.1) is 0 Å². The number of nitrogens with two attached hydrogens (primary N) is 1. The van der Waals surface area contributed by atoms with Crippen LogP contribution in [0.1, 0.15) is 25.9 Å². The zero-order valence-electron chi connectivity index (χ0n) is 14.8. The van der Waals surface area contributed by atoms with Crippen molar-refractivity contribution in [3.63, 3.8) is 0 Å². The minimum Gasteiger partial charge on any atom is -0.384 e. The molecule has 0 radical (unpaired) electrons. The Morgan fingerprint density at radius 3 is 2.96 bits per heavy atom. The van der Waals surface area contributed by atoms with Crippen molar-refractivity contribution >= 4 is 28.3 Å². The van der Waals surface area contributed by atoms with E-state index in [-0.39, 0.29) is 37.9 Å². The van der Waals surface area contributed by atoms with E-state index < -0.39 is 11.5 Å². The number of nitrogens with zero attached hydrogens (tertiary/aromatic N) is 3. The van der Waals surface area contributed by atoms with Gasteiger partial charge < -0.3 is 25.8 Å². The number of hydrogen-bond acceptors (Lipinski definition) is 8. The summed E-state index contributed by atoms with van der Waals surface area (Å²) in [5.41, 5.74) is 5.07. The highest BCUT2D eigenvalue weighted by molar-refractivity contribution is 7.17. The van der Waals surface area contributed by atoms with Gasteiger partial charge in [0.25, 0.3) is 11.8 Å². The number of hydrogen-bond donors (Lipinski definition) is 3. The predicted octanol–water partition coefficient (Wildman–Crippen LogP) is 0.0622. The molecule has 2 aromatic heterocycles. The summed E-state index contributed by atoms with van der Waals surface area (Å²) in [6.07, 6.45) is 1.52. The third kappa shape index (κ3) is 4.59. The second-order valence-corrected chi connectivity index (χ2v) is 7.40. The molecule has 0 bridgehead atoms. The van der Waals surface area contributed by atoms with Crippen LogP contribution in [-0.2, 0) is 4.74 Å². The first-order chi connectivity index (χ1) is 12.9. The third-order valence-electron chi connectivity index (χ3n) is 4.13. The maximum absolute atomic E-state index is 12.8.